The third-order valence-electron chi connectivity index (χ3n) is 5.98. The summed E-state index contributed by atoms with van der Waals surface area (Å²) in [5.74, 6) is -0.447. The lowest BCUT2D eigenvalue weighted by Gasteiger charge is -2.40. The number of Topliss-reactive ketones (excluding diaryl/α,β-unsaturated/α-hetero) is 1. The molecule has 8 nitrogen and oxygen atoms in total. The number of phenols is 1. The van der Waals surface area contributed by atoms with Gasteiger partial charge in [-0.2, -0.15) is 0 Å². The number of carbonyl (C=O) groups is 1. The monoisotopic (exact) mass is 442 g/mol. The van der Waals surface area contributed by atoms with Crippen LogP contribution in [0.3, 0.4) is 0 Å². The predicted octanol–water partition coefficient (Wildman–Crippen LogP) is 1.34. The first-order valence-electron chi connectivity index (χ1n) is 10.5. The van der Waals surface area contributed by atoms with Crippen LogP contribution in [0.5, 0.6) is 5.75 Å². The number of carbonyl (C=O) groups excluding carboxylic acids is 1. The second-order valence-electron chi connectivity index (χ2n) is 8.10. The van der Waals surface area contributed by atoms with E-state index in [1.807, 2.05) is 24.3 Å². The maximum atomic E-state index is 13.0. The van der Waals surface area contributed by atoms with Crippen molar-refractivity contribution in [2.45, 2.75) is 49.8 Å². The van der Waals surface area contributed by atoms with Crippen LogP contribution in [0.1, 0.15) is 27.9 Å². The van der Waals surface area contributed by atoms with Crippen LogP contribution < -0.4 is 0 Å². The van der Waals surface area contributed by atoms with Crippen LogP contribution in [0, 0.1) is 0 Å². The normalized spacial score (nSPS) is 25.8. The molecule has 1 aliphatic rings. The molecule has 0 radical (unpaired) electrons. The van der Waals surface area contributed by atoms with Gasteiger partial charge in [0.1, 0.15) is 35.7 Å². The molecule has 0 bridgehead atoms. The lowest BCUT2D eigenvalue weighted by atomic mass is 9.88. The minimum Gasteiger partial charge on any atom is -0.507 e. The van der Waals surface area contributed by atoms with E-state index in [2.05, 4.69) is 0 Å². The van der Waals surface area contributed by atoms with Gasteiger partial charge in [0, 0.05) is 18.2 Å². The Hall–Kier alpha value is -2.75. The molecule has 32 heavy (non-hydrogen) atoms. The van der Waals surface area contributed by atoms with Crippen molar-refractivity contribution in [3.8, 4) is 5.75 Å². The summed E-state index contributed by atoms with van der Waals surface area (Å²) in [5.41, 5.74) is 2.30. The van der Waals surface area contributed by atoms with Gasteiger partial charge in [-0.25, -0.2) is 0 Å². The Kier molecular flexibility index (Phi) is 6.59. The van der Waals surface area contributed by atoms with Crippen molar-refractivity contribution in [1.29, 1.82) is 0 Å². The number of aliphatic hydroxyl groups is 4. The summed E-state index contributed by atoms with van der Waals surface area (Å²) in [7, 11) is 0. The molecule has 3 aromatic rings. The highest BCUT2D eigenvalue weighted by Crippen LogP contribution is 2.29. The molecule has 8 heteroatoms. The van der Waals surface area contributed by atoms with Gasteiger partial charge in [-0.05, 0) is 41.8 Å². The maximum Gasteiger partial charge on any atom is 0.167 e. The number of aromatic hydroxyl groups is 1. The third kappa shape index (κ3) is 4.41. The molecule has 170 valence electrons. The van der Waals surface area contributed by atoms with Crippen molar-refractivity contribution in [3.05, 3.63) is 65.4 Å². The number of phenolic OH excluding ortho intramolecular Hbond substituents is 1. The molecule has 0 amide bonds. The fourth-order valence-corrected chi connectivity index (χ4v) is 4.20. The zero-order chi connectivity index (χ0) is 22.8. The van der Waals surface area contributed by atoms with Gasteiger partial charge in [-0.1, -0.05) is 18.2 Å². The van der Waals surface area contributed by atoms with Crippen molar-refractivity contribution in [1.82, 2.24) is 0 Å². The van der Waals surface area contributed by atoms with Crippen LogP contribution in [-0.4, -0.2) is 68.4 Å². The molecule has 4 rings (SSSR count). The van der Waals surface area contributed by atoms with Crippen molar-refractivity contribution in [2.75, 3.05) is 6.61 Å². The van der Waals surface area contributed by atoms with E-state index in [1.165, 1.54) is 6.07 Å². The third-order valence-corrected chi connectivity index (χ3v) is 5.98. The van der Waals surface area contributed by atoms with Gasteiger partial charge in [0.05, 0.1) is 24.5 Å². The number of ether oxygens (including phenoxy) is 1. The van der Waals surface area contributed by atoms with Crippen LogP contribution in [-0.2, 0) is 17.6 Å². The number of benzene rings is 2. The number of hydrogen-bond acceptors (Lipinski definition) is 8. The highest BCUT2D eigenvalue weighted by Gasteiger charge is 2.43. The van der Waals surface area contributed by atoms with Crippen LogP contribution >= 0.6 is 0 Å². The van der Waals surface area contributed by atoms with Gasteiger partial charge in [0.2, 0.25) is 0 Å². The first-order valence-corrected chi connectivity index (χ1v) is 10.5. The molecule has 5 N–H and O–H groups in total. The smallest absolute Gasteiger partial charge is 0.167 e. The minimum atomic E-state index is -1.50. The van der Waals surface area contributed by atoms with E-state index in [0.29, 0.717) is 12.0 Å². The molecule has 0 aliphatic carbocycles. The van der Waals surface area contributed by atoms with E-state index >= 15 is 0 Å². The van der Waals surface area contributed by atoms with Crippen molar-refractivity contribution >= 4 is 16.8 Å². The van der Waals surface area contributed by atoms with E-state index in [9.17, 15) is 30.3 Å². The molecule has 1 aliphatic heterocycles. The van der Waals surface area contributed by atoms with Crippen LogP contribution in [0.2, 0.25) is 0 Å². The first kappa shape index (κ1) is 22.4. The molecule has 0 saturated carbocycles. The van der Waals surface area contributed by atoms with Crippen molar-refractivity contribution in [3.63, 3.8) is 0 Å². The van der Waals surface area contributed by atoms with Gasteiger partial charge in [-0.3, -0.25) is 4.79 Å². The standard InChI is InChI=1S/C24H26O8/c25-12-20-23(29)24(30)22(28)19(32-20)11-15-2-1-3-16(26)21(15)17(27)6-4-13-5-7-18-14(10-13)8-9-31-18/h1-3,5,7-10,19-20,22-26,28-30H,4,6,11-12H2/t19-,20+,22-,23+,24+/m0/s1. The van der Waals surface area contributed by atoms with Gasteiger partial charge in [0.25, 0.3) is 0 Å². The molecule has 1 saturated heterocycles. The average Bonchev–Trinajstić information content (AvgIpc) is 3.26. The van der Waals surface area contributed by atoms with E-state index < -0.39 is 37.1 Å². The Morgan fingerprint density at radius 2 is 1.75 bits per heavy atom. The minimum absolute atomic E-state index is 0.0118. The van der Waals surface area contributed by atoms with Gasteiger partial charge in [0.15, 0.2) is 5.78 Å². The number of aryl methyl sites for hydroxylation is 1. The average molecular weight is 442 g/mol. The zero-order valence-electron chi connectivity index (χ0n) is 17.3. The van der Waals surface area contributed by atoms with Gasteiger partial charge >= 0.3 is 0 Å². The van der Waals surface area contributed by atoms with E-state index in [4.69, 9.17) is 9.15 Å². The molecule has 5 atom stereocenters. The fourth-order valence-electron chi connectivity index (χ4n) is 4.20. The second-order valence-corrected chi connectivity index (χ2v) is 8.10. The molecule has 1 fully saturated rings. The molecule has 2 heterocycles. The number of aliphatic hydroxyl groups excluding tert-OH is 4. The topological polar surface area (TPSA) is 141 Å². The number of rotatable bonds is 7. The molecule has 1 aromatic heterocycles. The van der Waals surface area contributed by atoms with Crippen molar-refractivity contribution < 1.29 is 39.5 Å². The highest BCUT2D eigenvalue weighted by molar-refractivity contribution is 6.00. The Bertz CT molecular complexity index is 1090. The second kappa shape index (κ2) is 9.40. The Morgan fingerprint density at radius 3 is 2.53 bits per heavy atom. The van der Waals surface area contributed by atoms with E-state index in [-0.39, 0.29) is 29.9 Å². The van der Waals surface area contributed by atoms with Crippen LogP contribution in [0.4, 0.5) is 0 Å². The molecular weight excluding hydrogens is 416 g/mol. The van der Waals surface area contributed by atoms with E-state index in [1.54, 1.807) is 18.4 Å². The summed E-state index contributed by atoms with van der Waals surface area (Å²) in [6.07, 6.45) is -4.14. The number of furan rings is 1. The largest absolute Gasteiger partial charge is 0.507 e. The van der Waals surface area contributed by atoms with Gasteiger partial charge in [-0.15, -0.1) is 0 Å². The fraction of sp³-hybridized carbons (Fsp3) is 0.375. The van der Waals surface area contributed by atoms with Crippen LogP contribution in [0.15, 0.2) is 53.1 Å². The van der Waals surface area contributed by atoms with Crippen molar-refractivity contribution in [2.24, 2.45) is 0 Å². The number of hydrogen-bond donors (Lipinski definition) is 5. The molecule has 0 unspecified atom stereocenters. The summed E-state index contributed by atoms with van der Waals surface area (Å²) in [4.78, 5) is 13.0. The lowest BCUT2D eigenvalue weighted by molar-refractivity contribution is -0.228. The number of ketones is 1. The zero-order valence-corrected chi connectivity index (χ0v) is 17.3. The first-order chi connectivity index (χ1) is 15.4. The molecule has 2 aromatic carbocycles. The summed E-state index contributed by atoms with van der Waals surface area (Å²) < 4.78 is 10.9. The lowest BCUT2D eigenvalue weighted by Crippen LogP contribution is -2.59. The Balaban J connectivity index is 1.51. The predicted molar refractivity (Wildman–Crippen MR) is 114 cm³/mol. The Labute approximate surface area is 184 Å². The summed E-state index contributed by atoms with van der Waals surface area (Å²) in [5, 5.41) is 51.1. The highest BCUT2D eigenvalue weighted by atomic mass is 16.5. The summed E-state index contributed by atoms with van der Waals surface area (Å²) in [6.45, 7) is -0.533. The quantitative estimate of drug-likeness (QED) is 0.345. The summed E-state index contributed by atoms with van der Waals surface area (Å²) in [6, 6.07) is 12.2. The van der Waals surface area contributed by atoms with Gasteiger partial charge < -0.3 is 34.7 Å². The number of fused-ring (bicyclic) bond motifs is 1. The SMILES string of the molecule is O=C(CCc1ccc2occc2c1)c1c(O)cccc1C[C@@H]1O[C@H](CO)[C@@H](O)[C@H](O)[C@H]1O. The maximum absolute atomic E-state index is 13.0. The molecular formula is C24H26O8. The molecule has 0 spiro atoms. The summed E-state index contributed by atoms with van der Waals surface area (Å²) >= 11 is 0. The van der Waals surface area contributed by atoms with Crippen LogP contribution in [0.25, 0.3) is 11.0 Å². The Morgan fingerprint density at radius 1 is 0.969 bits per heavy atom. The van der Waals surface area contributed by atoms with E-state index in [0.717, 1.165) is 16.5 Å².